The highest BCUT2D eigenvalue weighted by Crippen LogP contribution is 2.67. The lowest BCUT2D eigenvalue weighted by Gasteiger charge is -2.32. The summed E-state index contributed by atoms with van der Waals surface area (Å²) in [5, 5.41) is 5.69. The number of carbonyl (C=O) groups is 6. The quantitative estimate of drug-likeness (QED) is 0.0600. The molecule has 0 spiro atoms. The van der Waals surface area contributed by atoms with Crippen LogP contribution >= 0.6 is 7.60 Å². The van der Waals surface area contributed by atoms with Crippen LogP contribution in [0.4, 0.5) is 8.78 Å². The Labute approximate surface area is 345 Å². The van der Waals surface area contributed by atoms with Gasteiger partial charge in [0, 0.05) is 30.6 Å². The predicted octanol–water partition coefficient (Wildman–Crippen LogP) is 6.00. The summed E-state index contributed by atoms with van der Waals surface area (Å²) in [5.74, 6) is -3.06. The van der Waals surface area contributed by atoms with Crippen molar-refractivity contribution < 1.29 is 60.6 Å². The second-order valence-corrected chi connectivity index (χ2v) is 19.5. The first-order valence-electron chi connectivity index (χ1n) is 19.9. The fourth-order valence-corrected chi connectivity index (χ4v) is 7.87. The van der Waals surface area contributed by atoms with Crippen LogP contribution in [0.3, 0.4) is 0 Å². The lowest BCUT2D eigenvalue weighted by Crippen LogP contribution is -2.56. The molecule has 59 heavy (non-hydrogen) atoms. The van der Waals surface area contributed by atoms with E-state index < -0.39 is 79.1 Å². The number of carbonyl (C=O) groups excluding carboxylic acids is 6. The van der Waals surface area contributed by atoms with Crippen molar-refractivity contribution in [3.63, 3.8) is 0 Å². The van der Waals surface area contributed by atoms with Crippen LogP contribution in [0.1, 0.15) is 112 Å². The number of esters is 2. The van der Waals surface area contributed by atoms with Gasteiger partial charge in [0.25, 0.3) is 0 Å². The predicted molar refractivity (Wildman–Crippen MR) is 214 cm³/mol. The molecule has 4 amide bonds. The summed E-state index contributed by atoms with van der Waals surface area (Å²) < 4.78 is 65.3. The fraction of sp³-hybridized carbons (Fsp3) is 0.659. The molecular formula is C41H61F2N4O11P. The van der Waals surface area contributed by atoms with Gasteiger partial charge in [0.1, 0.15) is 12.1 Å². The van der Waals surface area contributed by atoms with E-state index >= 15 is 8.78 Å². The average Bonchev–Trinajstić information content (AvgIpc) is 3.56. The summed E-state index contributed by atoms with van der Waals surface area (Å²) in [6.07, 6.45) is 3.35. The third-order valence-electron chi connectivity index (χ3n) is 10.4. The van der Waals surface area contributed by atoms with E-state index in [9.17, 15) is 33.3 Å². The zero-order valence-electron chi connectivity index (χ0n) is 35.7. The van der Waals surface area contributed by atoms with Crippen molar-refractivity contribution in [2.75, 3.05) is 20.1 Å². The van der Waals surface area contributed by atoms with E-state index in [1.807, 2.05) is 13.8 Å². The lowest BCUT2D eigenvalue weighted by atomic mass is 9.98. The number of primary amides is 1. The minimum atomic E-state index is -5.54. The molecule has 18 heteroatoms. The number of ether oxygens (including phenoxy) is 2. The number of rotatable bonds is 20. The van der Waals surface area contributed by atoms with Crippen LogP contribution in [0.25, 0.3) is 5.57 Å². The van der Waals surface area contributed by atoms with E-state index in [-0.39, 0.29) is 42.0 Å². The smallest absolute Gasteiger partial charge is 0.410 e. The van der Waals surface area contributed by atoms with Gasteiger partial charge in [-0.25, -0.2) is 0 Å². The minimum absolute atomic E-state index is 0.0219. The highest BCUT2D eigenvalue weighted by Gasteiger charge is 2.62. The zero-order valence-corrected chi connectivity index (χ0v) is 36.6. The number of nitrogens with one attached hydrogen (secondary N) is 2. The van der Waals surface area contributed by atoms with E-state index in [0.717, 1.165) is 18.6 Å². The number of likely N-dealkylation sites (tertiary alicyclic amines) is 1. The molecule has 330 valence electrons. The molecule has 3 rings (SSSR count). The SMILES string of the molecule is CCCC[C@H](NC(=O)/C=C(\C)c1ccc(C(F)(F)P(=O)(OCOC(=O)C(C)(C)C)OCOC(=O)C(C)(C)C)cc1)C(=O)N1C[C@H]2[C@@H](C)[C@H]2[C@H]1C(=O)N[C@H](C)CCC(N)=O. The molecule has 2 aliphatic rings. The topological polar surface area (TPSA) is 210 Å². The van der Waals surface area contributed by atoms with Gasteiger partial charge in [-0.1, -0.05) is 51.0 Å². The normalized spacial score (nSPS) is 20.5. The van der Waals surface area contributed by atoms with Gasteiger partial charge in [0.15, 0.2) is 0 Å². The van der Waals surface area contributed by atoms with Crippen LogP contribution in [-0.2, 0) is 57.5 Å². The first kappa shape index (κ1) is 49.2. The van der Waals surface area contributed by atoms with Crippen LogP contribution in [0.15, 0.2) is 30.3 Å². The van der Waals surface area contributed by atoms with Crippen molar-refractivity contribution >= 4 is 48.7 Å². The molecule has 6 atom stereocenters. The number of hydrogen-bond donors (Lipinski definition) is 3. The summed E-state index contributed by atoms with van der Waals surface area (Å²) in [6, 6.07) is 2.43. The van der Waals surface area contributed by atoms with Gasteiger partial charge in [0.2, 0.25) is 37.2 Å². The Morgan fingerprint density at radius 1 is 0.932 bits per heavy atom. The highest BCUT2D eigenvalue weighted by molar-refractivity contribution is 7.54. The molecule has 4 N–H and O–H groups in total. The molecule has 1 saturated carbocycles. The second-order valence-electron chi connectivity index (χ2n) is 17.5. The van der Waals surface area contributed by atoms with Crippen LogP contribution in [0, 0.1) is 28.6 Å². The summed E-state index contributed by atoms with van der Waals surface area (Å²) in [5.41, 5.74) is -1.25. The zero-order chi connectivity index (χ0) is 44.7. The number of amides is 4. The summed E-state index contributed by atoms with van der Waals surface area (Å²) in [6.45, 7) is 14.5. The summed E-state index contributed by atoms with van der Waals surface area (Å²) in [7, 11) is -5.54. The first-order chi connectivity index (χ1) is 27.2. The van der Waals surface area contributed by atoms with Crippen molar-refractivity contribution in [1.29, 1.82) is 0 Å². The van der Waals surface area contributed by atoms with Crippen molar-refractivity contribution in [2.45, 2.75) is 125 Å². The molecule has 15 nitrogen and oxygen atoms in total. The van der Waals surface area contributed by atoms with Gasteiger partial charge in [-0.05, 0) is 97.1 Å². The Balaban J connectivity index is 1.78. The molecular weight excluding hydrogens is 793 g/mol. The van der Waals surface area contributed by atoms with Crippen molar-refractivity contribution in [3.05, 3.63) is 41.5 Å². The minimum Gasteiger partial charge on any atom is -0.438 e. The number of nitrogens with zero attached hydrogens (tertiary/aromatic N) is 1. The van der Waals surface area contributed by atoms with Crippen LogP contribution in [0.2, 0.25) is 0 Å². The standard InChI is InChI=1S/C41H61F2N4O11P/c1-11-12-13-30(36(51)47-21-29-26(4)33(29)34(47)35(50)45-25(3)14-19-31(44)48)46-32(49)20-24(2)27-15-17-28(18-16-27)41(42,43)59(54,57-22-55-37(52)39(5,6)7)58-23-56-38(53)40(8,9)10/h15-18,20,25-26,29-30,33-34H,11-14,19,21-23H2,1-10H3,(H2,44,48)(H,45,50)(H,46,49)/b24-20+/t25-,26-,29+,30+,33-,34+/m1/s1. The van der Waals surface area contributed by atoms with Crippen molar-refractivity contribution in [2.24, 2.45) is 34.3 Å². The molecule has 0 unspecified atom stereocenters. The monoisotopic (exact) mass is 854 g/mol. The fourth-order valence-electron chi connectivity index (χ4n) is 6.62. The number of allylic oxidation sites excluding steroid dienone is 1. The number of fused-ring (bicyclic) bond motifs is 1. The molecule has 2 fully saturated rings. The van der Waals surface area contributed by atoms with E-state index in [0.29, 0.717) is 36.9 Å². The number of unbranched alkanes of at least 4 members (excludes halogenated alkanes) is 1. The third kappa shape index (κ3) is 12.9. The molecule has 1 aliphatic carbocycles. The Morgan fingerprint density at radius 3 is 1.97 bits per heavy atom. The largest absolute Gasteiger partial charge is 0.438 e. The third-order valence-corrected chi connectivity index (χ3v) is 12.2. The summed E-state index contributed by atoms with van der Waals surface area (Å²) >= 11 is 0. The Morgan fingerprint density at radius 2 is 1.47 bits per heavy atom. The van der Waals surface area contributed by atoms with Gasteiger partial charge >= 0.3 is 25.2 Å². The van der Waals surface area contributed by atoms with Gasteiger partial charge in [0.05, 0.1) is 10.8 Å². The van der Waals surface area contributed by atoms with Crippen molar-refractivity contribution in [3.8, 4) is 0 Å². The Kier molecular flexibility index (Phi) is 16.6. The molecule has 1 aliphatic heterocycles. The van der Waals surface area contributed by atoms with E-state index in [1.165, 1.54) is 64.7 Å². The van der Waals surface area contributed by atoms with Gasteiger partial charge in [-0.3, -0.25) is 42.4 Å². The van der Waals surface area contributed by atoms with Crippen LogP contribution < -0.4 is 16.4 Å². The van der Waals surface area contributed by atoms with E-state index in [4.69, 9.17) is 24.3 Å². The molecule has 1 saturated heterocycles. The average molecular weight is 855 g/mol. The lowest BCUT2D eigenvalue weighted by molar-refractivity contribution is -0.163. The number of alkyl halides is 2. The first-order valence-corrected chi connectivity index (χ1v) is 21.4. The second kappa shape index (κ2) is 19.9. The molecule has 1 aromatic carbocycles. The Hall–Kier alpha value is -4.21. The molecule has 1 aromatic rings. The Bertz CT molecular complexity index is 1760. The molecule has 0 bridgehead atoms. The van der Waals surface area contributed by atoms with E-state index in [1.54, 1.807) is 13.8 Å². The molecule has 0 aromatic heterocycles. The maximum Gasteiger partial charge on any atom is 0.410 e. The van der Waals surface area contributed by atoms with E-state index in [2.05, 4.69) is 10.6 Å². The highest BCUT2D eigenvalue weighted by atomic mass is 31.2. The maximum absolute atomic E-state index is 16.0. The number of halogens is 2. The summed E-state index contributed by atoms with van der Waals surface area (Å²) in [4.78, 5) is 78.1. The van der Waals surface area contributed by atoms with Gasteiger partial charge < -0.3 is 30.7 Å². The van der Waals surface area contributed by atoms with Gasteiger partial charge in [-0.15, -0.1) is 0 Å². The molecule has 1 heterocycles. The number of nitrogens with two attached hydrogens (primary N) is 1. The number of hydrogen-bond acceptors (Lipinski definition) is 11. The van der Waals surface area contributed by atoms with Crippen LogP contribution in [-0.4, -0.2) is 78.7 Å². The maximum atomic E-state index is 16.0. The van der Waals surface area contributed by atoms with Crippen molar-refractivity contribution in [1.82, 2.24) is 15.5 Å². The number of benzene rings is 1. The number of piperidine rings is 1. The van der Waals surface area contributed by atoms with Gasteiger partial charge in [-0.2, -0.15) is 8.78 Å². The molecule has 0 radical (unpaired) electrons. The van der Waals surface area contributed by atoms with Crippen LogP contribution in [0.5, 0.6) is 0 Å².